The smallest absolute Gasteiger partial charge is 0.249 e. The van der Waals surface area contributed by atoms with E-state index >= 15 is 0 Å². The van der Waals surface area contributed by atoms with E-state index in [9.17, 15) is 4.79 Å². The monoisotopic (exact) mass is 254 g/mol. The maximum atomic E-state index is 12.6. The van der Waals surface area contributed by atoms with Gasteiger partial charge in [0, 0.05) is 18.5 Å². The lowest BCUT2D eigenvalue weighted by molar-refractivity contribution is -0.207. The minimum atomic E-state index is -0.0461. The van der Waals surface area contributed by atoms with Crippen molar-refractivity contribution < 1.29 is 9.63 Å². The van der Waals surface area contributed by atoms with E-state index in [4.69, 9.17) is 10.6 Å². The van der Waals surface area contributed by atoms with Crippen LogP contribution in [-0.2, 0) is 9.63 Å². The van der Waals surface area contributed by atoms with Crippen molar-refractivity contribution >= 4 is 5.91 Å². The zero-order chi connectivity index (χ0) is 13.3. The molecular weight excluding hydrogens is 228 g/mol. The van der Waals surface area contributed by atoms with Crippen LogP contribution in [0.2, 0.25) is 0 Å². The highest BCUT2D eigenvalue weighted by molar-refractivity contribution is 5.79. The van der Waals surface area contributed by atoms with Gasteiger partial charge >= 0.3 is 0 Å². The molecule has 2 fully saturated rings. The second-order valence-electron chi connectivity index (χ2n) is 6.38. The van der Waals surface area contributed by atoms with Crippen LogP contribution in [0.4, 0.5) is 0 Å². The second kappa shape index (κ2) is 5.17. The fraction of sp³-hybridized carbons (Fsp3) is 0.929. The van der Waals surface area contributed by atoms with Gasteiger partial charge in [0.1, 0.15) is 0 Å². The first-order valence-corrected chi connectivity index (χ1v) is 7.14. The molecule has 1 amide bonds. The quantitative estimate of drug-likeness (QED) is 0.778. The maximum Gasteiger partial charge on any atom is 0.249 e. The lowest BCUT2D eigenvalue weighted by Gasteiger charge is -2.47. The van der Waals surface area contributed by atoms with Crippen LogP contribution in [0.1, 0.15) is 46.5 Å². The number of hydroxylamine groups is 2. The van der Waals surface area contributed by atoms with Gasteiger partial charge in [0.15, 0.2) is 0 Å². The first-order valence-electron chi connectivity index (χ1n) is 7.14. The summed E-state index contributed by atoms with van der Waals surface area (Å²) in [6, 6.07) is 0.214. The molecule has 0 aromatic heterocycles. The predicted octanol–water partition coefficient (Wildman–Crippen LogP) is 1.94. The highest BCUT2D eigenvalue weighted by Gasteiger charge is 2.46. The van der Waals surface area contributed by atoms with Crippen molar-refractivity contribution in [2.75, 3.05) is 13.2 Å². The first-order chi connectivity index (χ1) is 8.44. The number of carbonyl (C=O) groups excluding carboxylic acids is 1. The van der Waals surface area contributed by atoms with E-state index < -0.39 is 0 Å². The average Bonchev–Trinajstić information content (AvgIpc) is 2.36. The Bertz CT molecular complexity index is 311. The third-order valence-corrected chi connectivity index (χ3v) is 5.05. The van der Waals surface area contributed by atoms with Gasteiger partial charge in [-0.3, -0.25) is 9.63 Å². The van der Waals surface area contributed by atoms with E-state index in [2.05, 4.69) is 20.8 Å². The van der Waals surface area contributed by atoms with Crippen LogP contribution in [0.3, 0.4) is 0 Å². The summed E-state index contributed by atoms with van der Waals surface area (Å²) in [6.45, 7) is 7.92. The van der Waals surface area contributed by atoms with Gasteiger partial charge in [-0.05, 0) is 37.0 Å². The molecular formula is C14H26N2O2. The number of nitrogens with two attached hydrogens (primary N) is 1. The molecule has 4 nitrogen and oxygen atoms in total. The Morgan fingerprint density at radius 3 is 2.67 bits per heavy atom. The molecule has 2 N–H and O–H groups in total. The van der Waals surface area contributed by atoms with E-state index in [-0.39, 0.29) is 23.3 Å². The number of rotatable bonds is 1. The lowest BCUT2D eigenvalue weighted by Crippen LogP contribution is -2.53. The summed E-state index contributed by atoms with van der Waals surface area (Å²) in [5.74, 6) is 0.578. The Kier molecular flexibility index (Phi) is 3.97. The van der Waals surface area contributed by atoms with Gasteiger partial charge < -0.3 is 5.73 Å². The molecule has 0 spiro atoms. The molecule has 1 saturated carbocycles. The van der Waals surface area contributed by atoms with Crippen molar-refractivity contribution in [2.45, 2.75) is 52.5 Å². The number of amides is 1. The fourth-order valence-electron chi connectivity index (χ4n) is 3.24. The topological polar surface area (TPSA) is 55.6 Å². The second-order valence-corrected chi connectivity index (χ2v) is 6.38. The number of nitrogens with zero attached hydrogens (tertiary/aromatic N) is 1. The Hall–Kier alpha value is -0.610. The van der Waals surface area contributed by atoms with Crippen molar-refractivity contribution in [3.63, 3.8) is 0 Å². The summed E-state index contributed by atoms with van der Waals surface area (Å²) in [6.07, 6.45) is 3.93. The third-order valence-electron chi connectivity index (χ3n) is 5.05. The van der Waals surface area contributed by atoms with Crippen molar-refractivity contribution in [3.05, 3.63) is 0 Å². The Labute approximate surface area is 110 Å². The van der Waals surface area contributed by atoms with Crippen molar-refractivity contribution in [1.82, 2.24) is 5.06 Å². The van der Waals surface area contributed by atoms with Crippen molar-refractivity contribution in [1.29, 1.82) is 0 Å². The summed E-state index contributed by atoms with van der Waals surface area (Å²) in [4.78, 5) is 18.1. The van der Waals surface area contributed by atoms with Crippen molar-refractivity contribution in [2.24, 2.45) is 23.0 Å². The molecule has 0 aromatic carbocycles. The van der Waals surface area contributed by atoms with Gasteiger partial charge in [0.2, 0.25) is 5.91 Å². The van der Waals surface area contributed by atoms with Crippen LogP contribution >= 0.6 is 0 Å². The van der Waals surface area contributed by atoms with Crippen LogP contribution in [0.5, 0.6) is 0 Å². The minimum absolute atomic E-state index is 0.0461. The molecule has 2 rings (SSSR count). The maximum absolute atomic E-state index is 12.6. The van der Waals surface area contributed by atoms with E-state index in [0.29, 0.717) is 12.5 Å². The van der Waals surface area contributed by atoms with Crippen LogP contribution in [0, 0.1) is 17.3 Å². The van der Waals surface area contributed by atoms with Crippen LogP contribution in [-0.4, -0.2) is 30.2 Å². The lowest BCUT2D eigenvalue weighted by atomic mass is 9.61. The molecule has 18 heavy (non-hydrogen) atoms. The zero-order valence-corrected chi connectivity index (χ0v) is 11.8. The van der Waals surface area contributed by atoms with Crippen molar-refractivity contribution in [3.8, 4) is 0 Å². The molecule has 1 aliphatic carbocycles. The summed E-state index contributed by atoms with van der Waals surface area (Å²) in [5.41, 5.74) is 6.09. The minimum Gasteiger partial charge on any atom is -0.327 e. The average molecular weight is 254 g/mol. The molecule has 1 aliphatic heterocycles. The Morgan fingerprint density at radius 1 is 1.33 bits per heavy atom. The summed E-state index contributed by atoms with van der Waals surface area (Å²) in [7, 11) is 0. The first kappa shape index (κ1) is 13.8. The Balaban J connectivity index is 2.09. The zero-order valence-electron chi connectivity index (χ0n) is 11.8. The molecule has 1 saturated heterocycles. The van der Waals surface area contributed by atoms with Crippen LogP contribution in [0.15, 0.2) is 0 Å². The third kappa shape index (κ3) is 2.41. The molecule has 104 valence electrons. The molecule has 3 atom stereocenters. The highest BCUT2D eigenvalue weighted by atomic mass is 16.7. The number of carbonyl (C=O) groups is 1. The normalized spacial score (nSPS) is 36.4. The largest absolute Gasteiger partial charge is 0.327 e. The molecule has 1 heterocycles. The molecule has 0 bridgehead atoms. The van der Waals surface area contributed by atoms with Gasteiger partial charge in [0.05, 0.1) is 6.61 Å². The van der Waals surface area contributed by atoms with E-state index in [1.165, 1.54) is 0 Å². The van der Waals surface area contributed by atoms with E-state index in [1.807, 2.05) is 0 Å². The standard InChI is InChI=1S/C14H26N2O2/c1-10-12(15)7-6-11(14(10,2)3)13(17)16-8-4-5-9-18-16/h10-12H,4-9,15H2,1-3H3. The van der Waals surface area contributed by atoms with Gasteiger partial charge in [-0.25, -0.2) is 5.06 Å². The summed E-state index contributed by atoms with van der Waals surface area (Å²) >= 11 is 0. The van der Waals surface area contributed by atoms with Gasteiger partial charge in [-0.2, -0.15) is 0 Å². The molecule has 3 unspecified atom stereocenters. The van der Waals surface area contributed by atoms with E-state index in [1.54, 1.807) is 5.06 Å². The van der Waals surface area contributed by atoms with Crippen LogP contribution in [0.25, 0.3) is 0 Å². The Morgan fingerprint density at radius 2 is 2.06 bits per heavy atom. The van der Waals surface area contributed by atoms with Gasteiger partial charge in [-0.15, -0.1) is 0 Å². The SMILES string of the molecule is CC1C(N)CCC(C(=O)N2CCCCO2)C1(C)C. The molecule has 2 aliphatic rings. The molecule has 0 aromatic rings. The summed E-state index contributed by atoms with van der Waals surface area (Å²) < 4.78 is 0. The summed E-state index contributed by atoms with van der Waals surface area (Å²) in [5, 5.41) is 1.60. The number of hydrogen-bond acceptors (Lipinski definition) is 3. The van der Waals surface area contributed by atoms with Gasteiger partial charge in [-0.1, -0.05) is 20.8 Å². The highest BCUT2D eigenvalue weighted by Crippen LogP contribution is 2.45. The predicted molar refractivity (Wildman–Crippen MR) is 70.5 cm³/mol. The van der Waals surface area contributed by atoms with Crippen LogP contribution < -0.4 is 5.73 Å². The fourth-order valence-corrected chi connectivity index (χ4v) is 3.24. The van der Waals surface area contributed by atoms with E-state index in [0.717, 1.165) is 32.2 Å². The molecule has 4 heteroatoms. The van der Waals surface area contributed by atoms with Gasteiger partial charge in [0.25, 0.3) is 0 Å². The number of hydrogen-bond donors (Lipinski definition) is 1. The molecule has 0 radical (unpaired) electrons.